The summed E-state index contributed by atoms with van der Waals surface area (Å²) in [6, 6.07) is 13.5. The second-order valence-corrected chi connectivity index (χ2v) is 5.73. The highest BCUT2D eigenvalue weighted by Crippen LogP contribution is 2.28. The first-order valence-corrected chi connectivity index (χ1v) is 8.02. The zero-order chi connectivity index (χ0) is 16.1. The summed E-state index contributed by atoms with van der Waals surface area (Å²) in [4.78, 5) is 13.3. The smallest absolute Gasteiger partial charge is 0.342 e. The molecule has 0 radical (unpaired) electrons. The summed E-state index contributed by atoms with van der Waals surface area (Å²) in [5.41, 5.74) is 1.97. The van der Waals surface area contributed by atoms with Gasteiger partial charge in [0.25, 0.3) is 0 Å². The Kier molecular flexibility index (Phi) is 4.85. The van der Waals surface area contributed by atoms with Gasteiger partial charge in [-0.3, -0.25) is 0 Å². The van der Waals surface area contributed by atoms with Gasteiger partial charge < -0.3 is 9.47 Å². The van der Waals surface area contributed by atoms with Crippen molar-refractivity contribution in [3.8, 4) is 16.3 Å². The Bertz CT molecular complexity index is 767. The molecule has 2 heterocycles. The van der Waals surface area contributed by atoms with Crippen molar-refractivity contribution in [3.05, 3.63) is 59.6 Å². The zero-order valence-corrected chi connectivity index (χ0v) is 13.5. The van der Waals surface area contributed by atoms with Crippen molar-refractivity contribution in [3.63, 3.8) is 0 Å². The molecule has 0 aliphatic rings. The number of ether oxygens (including phenoxy) is 2. The molecule has 6 heteroatoms. The van der Waals surface area contributed by atoms with E-state index in [-0.39, 0.29) is 6.61 Å². The molecule has 0 amide bonds. The molecule has 0 atom stereocenters. The maximum absolute atomic E-state index is 12.4. The van der Waals surface area contributed by atoms with E-state index in [1.165, 1.54) is 11.3 Å². The van der Waals surface area contributed by atoms with Crippen LogP contribution in [0.15, 0.2) is 54.0 Å². The molecule has 0 N–H and O–H groups in total. The summed E-state index contributed by atoms with van der Waals surface area (Å²) < 4.78 is 11.8. The van der Waals surface area contributed by atoms with Crippen LogP contribution in [0.4, 0.5) is 0 Å². The molecular formula is C17H16N2O3S. The Labute approximate surface area is 138 Å². The van der Waals surface area contributed by atoms with Gasteiger partial charge in [0.1, 0.15) is 17.9 Å². The van der Waals surface area contributed by atoms with E-state index in [2.05, 4.69) is 5.10 Å². The third kappa shape index (κ3) is 3.49. The Morgan fingerprint density at radius 2 is 2.00 bits per heavy atom. The van der Waals surface area contributed by atoms with E-state index < -0.39 is 5.97 Å². The van der Waals surface area contributed by atoms with Crippen molar-refractivity contribution in [2.45, 2.75) is 0 Å². The van der Waals surface area contributed by atoms with Gasteiger partial charge in [-0.15, -0.1) is 11.3 Å². The van der Waals surface area contributed by atoms with Crippen molar-refractivity contribution in [1.29, 1.82) is 0 Å². The fourth-order valence-corrected chi connectivity index (χ4v) is 2.85. The van der Waals surface area contributed by atoms with E-state index in [9.17, 15) is 4.79 Å². The zero-order valence-electron chi connectivity index (χ0n) is 12.6. The highest BCUT2D eigenvalue weighted by atomic mass is 32.1. The molecule has 0 spiro atoms. The lowest BCUT2D eigenvalue weighted by molar-refractivity contribution is 0.0389. The lowest BCUT2D eigenvalue weighted by Crippen LogP contribution is -2.10. The minimum Gasteiger partial charge on any atom is -0.460 e. The van der Waals surface area contributed by atoms with Crippen LogP contribution in [0.5, 0.6) is 0 Å². The number of benzene rings is 1. The third-order valence-electron chi connectivity index (χ3n) is 3.23. The summed E-state index contributed by atoms with van der Waals surface area (Å²) in [6.45, 7) is 0.586. The number of aromatic nitrogens is 2. The summed E-state index contributed by atoms with van der Waals surface area (Å²) in [5.74, 6) is -0.396. The molecule has 5 nitrogen and oxygen atoms in total. The number of thiophene rings is 1. The largest absolute Gasteiger partial charge is 0.460 e. The van der Waals surface area contributed by atoms with Crippen molar-refractivity contribution in [1.82, 2.24) is 9.78 Å². The Hall–Kier alpha value is -2.44. The van der Waals surface area contributed by atoms with Gasteiger partial charge in [-0.2, -0.15) is 5.10 Å². The molecule has 2 aromatic heterocycles. The number of carbonyl (C=O) groups excluding carboxylic acids is 1. The van der Waals surface area contributed by atoms with Crippen LogP contribution in [0, 0.1) is 0 Å². The van der Waals surface area contributed by atoms with Gasteiger partial charge in [0.2, 0.25) is 0 Å². The van der Waals surface area contributed by atoms with Crippen molar-refractivity contribution in [2.75, 3.05) is 20.3 Å². The average Bonchev–Trinajstić information content (AvgIpc) is 3.25. The summed E-state index contributed by atoms with van der Waals surface area (Å²) in [6.07, 6.45) is 1.71. The molecule has 0 saturated carbocycles. The first-order chi connectivity index (χ1) is 11.3. The van der Waals surface area contributed by atoms with Gasteiger partial charge in [-0.1, -0.05) is 24.3 Å². The molecule has 23 heavy (non-hydrogen) atoms. The Morgan fingerprint density at radius 1 is 1.17 bits per heavy atom. The van der Waals surface area contributed by atoms with Crippen LogP contribution in [-0.4, -0.2) is 36.1 Å². The lowest BCUT2D eigenvalue weighted by Gasteiger charge is -2.03. The monoisotopic (exact) mass is 328 g/mol. The number of hydrogen-bond donors (Lipinski definition) is 0. The van der Waals surface area contributed by atoms with Gasteiger partial charge in [0, 0.05) is 13.3 Å². The summed E-state index contributed by atoms with van der Waals surface area (Å²) >= 11 is 1.54. The first-order valence-electron chi connectivity index (χ1n) is 7.14. The molecule has 0 aliphatic heterocycles. The van der Waals surface area contributed by atoms with E-state index in [4.69, 9.17) is 9.47 Å². The number of hydrogen-bond acceptors (Lipinski definition) is 5. The van der Waals surface area contributed by atoms with E-state index in [1.54, 1.807) is 18.0 Å². The van der Waals surface area contributed by atoms with Crippen molar-refractivity contribution < 1.29 is 14.3 Å². The van der Waals surface area contributed by atoms with Gasteiger partial charge in [-0.25, -0.2) is 9.48 Å². The van der Waals surface area contributed by atoms with Gasteiger partial charge in [0.15, 0.2) is 0 Å². The van der Waals surface area contributed by atoms with E-state index in [0.29, 0.717) is 17.9 Å². The standard InChI is InChI=1S/C17H16N2O3S/c1-21-9-10-22-17(20)14-12-19(13-6-3-2-4-7-13)18-16(14)15-8-5-11-23-15/h2-8,11-12H,9-10H2,1H3. The summed E-state index contributed by atoms with van der Waals surface area (Å²) in [5, 5.41) is 6.52. The average molecular weight is 328 g/mol. The van der Waals surface area contributed by atoms with Crippen LogP contribution < -0.4 is 0 Å². The molecule has 1 aromatic carbocycles. The van der Waals surface area contributed by atoms with Crippen LogP contribution in [0.2, 0.25) is 0 Å². The minimum atomic E-state index is -0.396. The highest BCUT2D eigenvalue weighted by molar-refractivity contribution is 7.13. The number of nitrogens with zero attached hydrogens (tertiary/aromatic N) is 2. The molecular weight excluding hydrogens is 312 g/mol. The van der Waals surface area contributed by atoms with Gasteiger partial charge >= 0.3 is 5.97 Å². The fourth-order valence-electron chi connectivity index (χ4n) is 2.13. The Morgan fingerprint density at radius 3 is 2.70 bits per heavy atom. The predicted octanol–water partition coefficient (Wildman–Crippen LogP) is 3.40. The number of carbonyl (C=O) groups is 1. The third-order valence-corrected chi connectivity index (χ3v) is 4.11. The molecule has 0 bridgehead atoms. The van der Waals surface area contributed by atoms with Crippen LogP contribution in [-0.2, 0) is 9.47 Å². The molecule has 3 rings (SSSR count). The van der Waals surface area contributed by atoms with Gasteiger partial charge in [-0.05, 0) is 23.6 Å². The normalized spacial score (nSPS) is 10.7. The second kappa shape index (κ2) is 7.21. The maximum atomic E-state index is 12.4. The van der Waals surface area contributed by atoms with Crippen molar-refractivity contribution in [2.24, 2.45) is 0 Å². The van der Waals surface area contributed by atoms with E-state index >= 15 is 0 Å². The fraction of sp³-hybridized carbons (Fsp3) is 0.176. The number of methoxy groups -OCH3 is 1. The number of rotatable bonds is 6. The highest BCUT2D eigenvalue weighted by Gasteiger charge is 2.20. The van der Waals surface area contributed by atoms with Gasteiger partial charge in [0.05, 0.1) is 17.2 Å². The molecule has 118 valence electrons. The van der Waals surface area contributed by atoms with Crippen LogP contribution in [0.3, 0.4) is 0 Å². The molecule has 3 aromatic rings. The van der Waals surface area contributed by atoms with Crippen LogP contribution in [0.25, 0.3) is 16.3 Å². The Balaban J connectivity index is 1.96. The minimum absolute atomic E-state index is 0.218. The van der Waals surface area contributed by atoms with Crippen LogP contribution >= 0.6 is 11.3 Å². The lowest BCUT2D eigenvalue weighted by atomic mass is 10.2. The molecule has 0 fully saturated rings. The van der Waals surface area contributed by atoms with Crippen LogP contribution in [0.1, 0.15) is 10.4 Å². The van der Waals surface area contributed by atoms with Crippen molar-refractivity contribution >= 4 is 17.3 Å². The quantitative estimate of drug-likeness (QED) is 0.514. The first kappa shape index (κ1) is 15.5. The second-order valence-electron chi connectivity index (χ2n) is 4.78. The van der Waals surface area contributed by atoms with E-state index in [0.717, 1.165) is 10.6 Å². The SMILES string of the molecule is COCCOC(=O)c1cn(-c2ccccc2)nc1-c1cccs1. The molecule has 0 saturated heterocycles. The topological polar surface area (TPSA) is 53.4 Å². The number of esters is 1. The van der Waals surface area contributed by atoms with E-state index in [1.807, 2.05) is 47.8 Å². The predicted molar refractivity (Wildman–Crippen MR) is 89.0 cm³/mol. The number of para-hydroxylation sites is 1. The maximum Gasteiger partial charge on any atom is 0.342 e. The molecule has 0 aliphatic carbocycles. The summed E-state index contributed by atoms with van der Waals surface area (Å²) in [7, 11) is 1.57. The molecule has 0 unspecified atom stereocenters.